The summed E-state index contributed by atoms with van der Waals surface area (Å²) >= 11 is 0. The molecular weight excluding hydrogens is 224 g/mol. The standard InChI is InChI=1S/C15H20N2O/c1-3-16-8-9-17-14-6-4-13-11-15(18-2)7-5-12(13)10-14/h4-7,10-11,16-17H,3,8-9H2,1-2H3. The van der Waals surface area contributed by atoms with Crippen LogP contribution in [0.1, 0.15) is 6.92 Å². The third-order valence-electron chi connectivity index (χ3n) is 2.93. The maximum absolute atomic E-state index is 5.22. The van der Waals surface area contributed by atoms with Crippen LogP contribution in [0.3, 0.4) is 0 Å². The van der Waals surface area contributed by atoms with Crippen LogP contribution in [-0.4, -0.2) is 26.7 Å². The highest BCUT2D eigenvalue weighted by molar-refractivity contribution is 5.86. The monoisotopic (exact) mass is 244 g/mol. The smallest absolute Gasteiger partial charge is 0.119 e. The van der Waals surface area contributed by atoms with E-state index in [2.05, 4.69) is 47.9 Å². The van der Waals surface area contributed by atoms with Crippen molar-refractivity contribution in [1.29, 1.82) is 0 Å². The zero-order valence-electron chi connectivity index (χ0n) is 11.0. The van der Waals surface area contributed by atoms with E-state index >= 15 is 0 Å². The minimum atomic E-state index is 0.898. The number of methoxy groups -OCH3 is 1. The molecule has 0 aliphatic heterocycles. The van der Waals surface area contributed by atoms with Crippen molar-refractivity contribution in [2.45, 2.75) is 6.92 Å². The quantitative estimate of drug-likeness (QED) is 0.767. The lowest BCUT2D eigenvalue weighted by molar-refractivity contribution is 0.415. The molecule has 0 amide bonds. The molecule has 0 spiro atoms. The SMILES string of the molecule is CCNCCNc1ccc2cc(OC)ccc2c1. The Morgan fingerprint density at radius 2 is 1.78 bits per heavy atom. The van der Waals surface area contributed by atoms with Crippen LogP contribution < -0.4 is 15.4 Å². The van der Waals surface area contributed by atoms with E-state index in [1.807, 2.05) is 6.07 Å². The fraction of sp³-hybridized carbons (Fsp3) is 0.333. The first-order valence-electron chi connectivity index (χ1n) is 6.36. The Morgan fingerprint density at radius 3 is 2.56 bits per heavy atom. The summed E-state index contributed by atoms with van der Waals surface area (Å²) in [6, 6.07) is 12.5. The molecule has 0 aromatic heterocycles. The second-order valence-electron chi connectivity index (χ2n) is 4.21. The van der Waals surface area contributed by atoms with Crippen molar-refractivity contribution in [3.05, 3.63) is 36.4 Å². The van der Waals surface area contributed by atoms with Gasteiger partial charge in [0, 0.05) is 18.8 Å². The van der Waals surface area contributed by atoms with Crippen molar-refractivity contribution in [2.75, 3.05) is 32.1 Å². The second-order valence-corrected chi connectivity index (χ2v) is 4.21. The fourth-order valence-corrected chi connectivity index (χ4v) is 1.93. The lowest BCUT2D eigenvalue weighted by Gasteiger charge is -2.08. The van der Waals surface area contributed by atoms with Crippen molar-refractivity contribution in [1.82, 2.24) is 5.32 Å². The zero-order chi connectivity index (χ0) is 12.8. The first-order chi connectivity index (χ1) is 8.83. The number of fused-ring (bicyclic) bond motifs is 1. The van der Waals surface area contributed by atoms with Gasteiger partial charge in [-0.3, -0.25) is 0 Å². The Kier molecular flexibility index (Phi) is 4.42. The maximum atomic E-state index is 5.22. The summed E-state index contributed by atoms with van der Waals surface area (Å²) in [4.78, 5) is 0. The van der Waals surface area contributed by atoms with Gasteiger partial charge in [0.25, 0.3) is 0 Å². The van der Waals surface area contributed by atoms with E-state index in [0.717, 1.165) is 31.1 Å². The first-order valence-corrected chi connectivity index (χ1v) is 6.36. The summed E-state index contributed by atoms with van der Waals surface area (Å²) in [7, 11) is 1.69. The molecule has 0 heterocycles. The third kappa shape index (κ3) is 3.14. The number of ether oxygens (including phenoxy) is 1. The molecule has 0 aliphatic rings. The number of hydrogen-bond acceptors (Lipinski definition) is 3. The molecule has 0 aliphatic carbocycles. The number of anilines is 1. The highest BCUT2D eigenvalue weighted by atomic mass is 16.5. The van der Waals surface area contributed by atoms with Crippen molar-refractivity contribution < 1.29 is 4.74 Å². The van der Waals surface area contributed by atoms with E-state index in [1.165, 1.54) is 10.8 Å². The first kappa shape index (κ1) is 12.7. The van der Waals surface area contributed by atoms with Crippen LogP contribution >= 0.6 is 0 Å². The van der Waals surface area contributed by atoms with E-state index in [4.69, 9.17) is 4.74 Å². The number of rotatable bonds is 6. The molecule has 0 atom stereocenters. The van der Waals surface area contributed by atoms with Crippen molar-refractivity contribution in [3.8, 4) is 5.75 Å². The van der Waals surface area contributed by atoms with E-state index in [1.54, 1.807) is 7.11 Å². The molecule has 0 unspecified atom stereocenters. The number of benzene rings is 2. The molecule has 2 N–H and O–H groups in total. The van der Waals surface area contributed by atoms with Crippen LogP contribution in [0, 0.1) is 0 Å². The van der Waals surface area contributed by atoms with Gasteiger partial charge in [0.05, 0.1) is 7.11 Å². The molecule has 2 aromatic rings. The Labute approximate surface area is 108 Å². The molecule has 0 fully saturated rings. The largest absolute Gasteiger partial charge is 0.497 e. The Bertz CT molecular complexity index is 511. The van der Waals surface area contributed by atoms with E-state index in [-0.39, 0.29) is 0 Å². The van der Waals surface area contributed by atoms with E-state index in [0.29, 0.717) is 0 Å². The Morgan fingerprint density at radius 1 is 1.00 bits per heavy atom. The molecule has 2 rings (SSSR count). The minimum absolute atomic E-state index is 0.898. The predicted molar refractivity (Wildman–Crippen MR) is 77.5 cm³/mol. The summed E-state index contributed by atoms with van der Waals surface area (Å²) in [5, 5.41) is 9.12. The molecule has 0 saturated carbocycles. The Hall–Kier alpha value is -1.74. The summed E-state index contributed by atoms with van der Waals surface area (Å²) in [6.45, 7) is 5.05. The van der Waals surface area contributed by atoms with Crippen LogP contribution in [0.25, 0.3) is 10.8 Å². The topological polar surface area (TPSA) is 33.3 Å². The maximum Gasteiger partial charge on any atom is 0.119 e. The fourth-order valence-electron chi connectivity index (χ4n) is 1.93. The predicted octanol–water partition coefficient (Wildman–Crippen LogP) is 2.87. The molecule has 2 aromatic carbocycles. The van der Waals surface area contributed by atoms with Crippen molar-refractivity contribution in [3.63, 3.8) is 0 Å². The van der Waals surface area contributed by atoms with Crippen LogP contribution in [0.2, 0.25) is 0 Å². The second kappa shape index (κ2) is 6.26. The summed E-state index contributed by atoms with van der Waals surface area (Å²) < 4.78 is 5.22. The van der Waals surface area contributed by atoms with Gasteiger partial charge in [0.1, 0.15) is 5.75 Å². The molecule has 18 heavy (non-hydrogen) atoms. The average Bonchev–Trinajstić information content (AvgIpc) is 2.43. The van der Waals surface area contributed by atoms with Gasteiger partial charge >= 0.3 is 0 Å². The van der Waals surface area contributed by atoms with Crippen molar-refractivity contribution >= 4 is 16.5 Å². The van der Waals surface area contributed by atoms with E-state index < -0.39 is 0 Å². The van der Waals surface area contributed by atoms with Crippen LogP contribution in [0.15, 0.2) is 36.4 Å². The Balaban J connectivity index is 2.08. The molecule has 96 valence electrons. The molecule has 3 nitrogen and oxygen atoms in total. The van der Waals surface area contributed by atoms with Crippen LogP contribution in [0.5, 0.6) is 5.75 Å². The highest BCUT2D eigenvalue weighted by Crippen LogP contribution is 2.23. The molecule has 3 heteroatoms. The molecule has 0 radical (unpaired) electrons. The van der Waals surface area contributed by atoms with Gasteiger partial charge in [0.2, 0.25) is 0 Å². The van der Waals surface area contributed by atoms with E-state index in [9.17, 15) is 0 Å². The summed E-state index contributed by atoms with van der Waals surface area (Å²) in [5.74, 6) is 0.898. The normalized spacial score (nSPS) is 10.6. The van der Waals surface area contributed by atoms with Gasteiger partial charge in [0.15, 0.2) is 0 Å². The van der Waals surface area contributed by atoms with Crippen LogP contribution in [-0.2, 0) is 0 Å². The van der Waals surface area contributed by atoms with Gasteiger partial charge < -0.3 is 15.4 Å². The summed E-state index contributed by atoms with van der Waals surface area (Å²) in [6.07, 6.45) is 0. The van der Waals surface area contributed by atoms with Gasteiger partial charge in [-0.1, -0.05) is 19.1 Å². The summed E-state index contributed by atoms with van der Waals surface area (Å²) in [5.41, 5.74) is 1.16. The molecule has 0 saturated heterocycles. The number of likely N-dealkylation sites (N-methyl/N-ethyl adjacent to an activating group) is 1. The van der Waals surface area contributed by atoms with Gasteiger partial charge in [-0.2, -0.15) is 0 Å². The zero-order valence-corrected chi connectivity index (χ0v) is 11.0. The minimum Gasteiger partial charge on any atom is -0.497 e. The average molecular weight is 244 g/mol. The molecule has 0 bridgehead atoms. The van der Waals surface area contributed by atoms with Gasteiger partial charge in [-0.25, -0.2) is 0 Å². The van der Waals surface area contributed by atoms with Gasteiger partial charge in [-0.15, -0.1) is 0 Å². The molecular formula is C15H20N2O. The lowest BCUT2D eigenvalue weighted by Crippen LogP contribution is -2.21. The van der Waals surface area contributed by atoms with Crippen LogP contribution in [0.4, 0.5) is 5.69 Å². The number of nitrogens with one attached hydrogen (secondary N) is 2. The van der Waals surface area contributed by atoms with Gasteiger partial charge in [-0.05, 0) is 41.6 Å². The lowest BCUT2D eigenvalue weighted by atomic mass is 10.1. The third-order valence-corrected chi connectivity index (χ3v) is 2.93. The highest BCUT2D eigenvalue weighted by Gasteiger charge is 1.98. The number of hydrogen-bond donors (Lipinski definition) is 2. The van der Waals surface area contributed by atoms with Crippen molar-refractivity contribution in [2.24, 2.45) is 0 Å².